The zero-order valence-electron chi connectivity index (χ0n) is 16.1. The number of hydrogen-bond donors (Lipinski definition) is 3. The summed E-state index contributed by atoms with van der Waals surface area (Å²) in [6.45, 7) is 9.69. The molecular weight excluding hydrogens is 334 g/mol. The normalized spacial score (nSPS) is 15.0. The molecule has 1 aromatic rings. The summed E-state index contributed by atoms with van der Waals surface area (Å²) in [6.07, 6.45) is -0.919. The maximum atomic E-state index is 12.1. The molecule has 1 aliphatic rings. The van der Waals surface area contributed by atoms with E-state index in [-0.39, 0.29) is 25.0 Å². The number of carbonyl (C=O) groups excluding carboxylic acids is 2. The second-order valence-corrected chi connectivity index (χ2v) is 7.80. The van der Waals surface area contributed by atoms with Crippen molar-refractivity contribution in [2.75, 3.05) is 23.3 Å². The van der Waals surface area contributed by atoms with Gasteiger partial charge in [0.2, 0.25) is 5.91 Å². The Kier molecular flexibility index (Phi) is 6.13. The van der Waals surface area contributed by atoms with E-state index in [4.69, 9.17) is 4.74 Å². The molecule has 0 aromatic heterocycles. The number of aliphatic hydroxyl groups is 1. The molecule has 26 heavy (non-hydrogen) atoms. The first-order valence-corrected chi connectivity index (χ1v) is 8.90. The Bertz CT molecular complexity index is 667. The average Bonchev–Trinajstić information content (AvgIpc) is 2.84. The summed E-state index contributed by atoms with van der Waals surface area (Å²) in [4.78, 5) is 25.5. The van der Waals surface area contributed by atoms with E-state index in [0.717, 1.165) is 16.9 Å². The second-order valence-electron chi connectivity index (χ2n) is 7.80. The van der Waals surface area contributed by atoms with E-state index < -0.39 is 17.8 Å². The Morgan fingerprint density at radius 3 is 2.62 bits per heavy atom. The predicted octanol–water partition coefficient (Wildman–Crippen LogP) is 2.28. The quantitative estimate of drug-likeness (QED) is 0.721. The first-order valence-electron chi connectivity index (χ1n) is 8.90. The van der Waals surface area contributed by atoms with Gasteiger partial charge >= 0.3 is 6.09 Å². The minimum Gasteiger partial charge on any atom is -0.444 e. The largest absolute Gasteiger partial charge is 0.444 e. The van der Waals surface area contributed by atoms with Gasteiger partial charge in [-0.1, -0.05) is 0 Å². The van der Waals surface area contributed by atoms with Gasteiger partial charge in [-0.15, -0.1) is 0 Å². The molecule has 1 heterocycles. The van der Waals surface area contributed by atoms with E-state index in [1.165, 1.54) is 0 Å². The fourth-order valence-electron chi connectivity index (χ4n) is 2.84. The number of carbonyl (C=O) groups is 2. The Morgan fingerprint density at radius 2 is 2.00 bits per heavy atom. The van der Waals surface area contributed by atoms with Crippen molar-refractivity contribution in [3.05, 3.63) is 23.8 Å². The number of anilines is 2. The number of amides is 2. The van der Waals surface area contributed by atoms with E-state index in [1.54, 1.807) is 25.7 Å². The van der Waals surface area contributed by atoms with Crippen molar-refractivity contribution in [2.24, 2.45) is 0 Å². The molecule has 7 heteroatoms. The third-order valence-corrected chi connectivity index (χ3v) is 3.89. The highest BCUT2D eigenvalue weighted by Gasteiger charge is 2.29. The van der Waals surface area contributed by atoms with Crippen molar-refractivity contribution < 1.29 is 19.4 Å². The minimum absolute atomic E-state index is 0.0897. The summed E-state index contributed by atoms with van der Waals surface area (Å²) in [5, 5.41) is 15.7. The number of benzene rings is 1. The van der Waals surface area contributed by atoms with Crippen molar-refractivity contribution in [1.29, 1.82) is 0 Å². The lowest BCUT2D eigenvalue weighted by molar-refractivity contribution is -0.117. The fraction of sp³-hybridized carbons (Fsp3) is 0.579. The summed E-state index contributed by atoms with van der Waals surface area (Å²) in [7, 11) is 0. The topological polar surface area (TPSA) is 90.9 Å². The lowest BCUT2D eigenvalue weighted by Crippen LogP contribution is -2.39. The van der Waals surface area contributed by atoms with Crippen LogP contribution in [0.2, 0.25) is 0 Å². The van der Waals surface area contributed by atoms with Crippen LogP contribution < -0.4 is 15.5 Å². The van der Waals surface area contributed by atoms with Gasteiger partial charge < -0.3 is 25.4 Å². The van der Waals surface area contributed by atoms with Crippen LogP contribution in [0.3, 0.4) is 0 Å². The van der Waals surface area contributed by atoms with Gasteiger partial charge in [0, 0.05) is 30.5 Å². The molecule has 0 radical (unpaired) electrons. The van der Waals surface area contributed by atoms with Gasteiger partial charge in [-0.05, 0) is 58.4 Å². The van der Waals surface area contributed by atoms with Crippen LogP contribution in [-0.4, -0.2) is 47.9 Å². The van der Waals surface area contributed by atoms with Gasteiger partial charge in [0.25, 0.3) is 0 Å². The van der Waals surface area contributed by atoms with Crippen LogP contribution in [0.15, 0.2) is 18.2 Å². The average molecular weight is 363 g/mol. The third kappa shape index (κ3) is 5.36. The summed E-state index contributed by atoms with van der Waals surface area (Å²) < 4.78 is 5.12. The van der Waals surface area contributed by atoms with Crippen LogP contribution in [0.4, 0.5) is 16.2 Å². The number of hydrogen-bond acceptors (Lipinski definition) is 5. The predicted molar refractivity (Wildman–Crippen MR) is 102 cm³/mol. The highest BCUT2D eigenvalue weighted by Crippen LogP contribution is 2.32. The Balaban J connectivity index is 1.84. The molecule has 144 valence electrons. The van der Waals surface area contributed by atoms with Crippen molar-refractivity contribution >= 4 is 23.4 Å². The first kappa shape index (κ1) is 20.0. The van der Waals surface area contributed by atoms with E-state index in [9.17, 15) is 14.7 Å². The number of rotatable bonds is 6. The Morgan fingerprint density at radius 1 is 1.31 bits per heavy atom. The highest BCUT2D eigenvalue weighted by molar-refractivity contribution is 6.02. The SMILES string of the molecule is CC(C)N1C(=O)Cc2cc(NCC(O)CNC(=O)OC(C)(C)C)ccc21. The molecule has 0 saturated heterocycles. The number of aliphatic hydroxyl groups excluding tert-OH is 1. The molecule has 2 rings (SSSR count). The Hall–Kier alpha value is -2.28. The maximum absolute atomic E-state index is 12.1. The second kappa shape index (κ2) is 7.95. The van der Waals surface area contributed by atoms with Crippen molar-refractivity contribution in [3.63, 3.8) is 0 Å². The lowest BCUT2D eigenvalue weighted by atomic mass is 10.1. The smallest absolute Gasteiger partial charge is 0.407 e. The molecule has 0 saturated carbocycles. The highest BCUT2D eigenvalue weighted by atomic mass is 16.6. The molecule has 0 bridgehead atoms. The van der Waals surface area contributed by atoms with Crippen LogP contribution in [0.25, 0.3) is 0 Å². The molecule has 1 aromatic carbocycles. The van der Waals surface area contributed by atoms with Gasteiger partial charge in [0.15, 0.2) is 0 Å². The van der Waals surface area contributed by atoms with Crippen molar-refractivity contribution in [2.45, 2.75) is 58.8 Å². The van der Waals surface area contributed by atoms with Crippen LogP contribution >= 0.6 is 0 Å². The summed E-state index contributed by atoms with van der Waals surface area (Å²) in [5.74, 6) is 0.105. The Labute approximate surface area is 154 Å². The molecule has 1 aliphatic heterocycles. The van der Waals surface area contributed by atoms with E-state index in [0.29, 0.717) is 6.42 Å². The van der Waals surface area contributed by atoms with Gasteiger partial charge in [0.1, 0.15) is 5.60 Å². The van der Waals surface area contributed by atoms with Crippen LogP contribution in [0.1, 0.15) is 40.2 Å². The fourth-order valence-corrected chi connectivity index (χ4v) is 2.84. The number of alkyl carbamates (subject to hydrolysis) is 1. The minimum atomic E-state index is -0.760. The number of fused-ring (bicyclic) bond motifs is 1. The van der Waals surface area contributed by atoms with Gasteiger partial charge in [0.05, 0.1) is 12.5 Å². The summed E-state index contributed by atoms with van der Waals surface area (Å²) >= 11 is 0. The monoisotopic (exact) mass is 363 g/mol. The number of nitrogens with one attached hydrogen (secondary N) is 2. The molecule has 2 amide bonds. The molecular formula is C19H29N3O4. The molecule has 3 N–H and O–H groups in total. The van der Waals surface area contributed by atoms with E-state index in [2.05, 4.69) is 10.6 Å². The molecule has 1 atom stereocenters. The molecule has 1 unspecified atom stereocenters. The van der Waals surface area contributed by atoms with E-state index >= 15 is 0 Å². The van der Waals surface area contributed by atoms with Gasteiger partial charge in [-0.25, -0.2) is 4.79 Å². The zero-order valence-corrected chi connectivity index (χ0v) is 16.1. The van der Waals surface area contributed by atoms with E-state index in [1.807, 2.05) is 32.0 Å². The summed E-state index contributed by atoms with van der Waals surface area (Å²) in [5.41, 5.74) is 2.19. The molecule has 0 aliphatic carbocycles. The molecule has 0 spiro atoms. The number of nitrogens with zero attached hydrogens (tertiary/aromatic N) is 1. The third-order valence-electron chi connectivity index (χ3n) is 3.89. The standard InChI is InChI=1S/C19H29N3O4/c1-12(2)22-16-7-6-14(8-13(16)9-17(22)24)20-10-15(23)11-21-18(25)26-19(3,4)5/h6-8,12,15,20,23H,9-11H2,1-5H3,(H,21,25). The van der Waals surface area contributed by atoms with Crippen molar-refractivity contribution in [1.82, 2.24) is 5.32 Å². The van der Waals surface area contributed by atoms with Crippen LogP contribution in [0.5, 0.6) is 0 Å². The molecule has 0 fully saturated rings. The number of ether oxygens (including phenoxy) is 1. The zero-order chi connectivity index (χ0) is 19.5. The lowest BCUT2D eigenvalue weighted by Gasteiger charge is -2.22. The maximum Gasteiger partial charge on any atom is 0.407 e. The van der Waals surface area contributed by atoms with Crippen LogP contribution in [-0.2, 0) is 16.0 Å². The summed E-state index contributed by atoms with van der Waals surface area (Å²) in [6, 6.07) is 5.88. The van der Waals surface area contributed by atoms with Gasteiger partial charge in [-0.2, -0.15) is 0 Å². The van der Waals surface area contributed by atoms with Crippen molar-refractivity contribution in [3.8, 4) is 0 Å². The first-order chi connectivity index (χ1) is 12.1. The molecule has 7 nitrogen and oxygen atoms in total. The van der Waals surface area contributed by atoms with Gasteiger partial charge in [-0.3, -0.25) is 4.79 Å². The van der Waals surface area contributed by atoms with Crippen LogP contribution in [0, 0.1) is 0 Å².